The van der Waals surface area contributed by atoms with E-state index >= 15 is 0 Å². The Kier molecular flexibility index (Phi) is 4.52. The molecule has 0 saturated heterocycles. The Labute approximate surface area is 126 Å². The maximum atomic E-state index is 5.88. The van der Waals surface area contributed by atoms with Crippen molar-refractivity contribution in [1.29, 1.82) is 0 Å². The van der Waals surface area contributed by atoms with Gasteiger partial charge in [-0.25, -0.2) is 9.97 Å². The van der Waals surface area contributed by atoms with Crippen molar-refractivity contribution >= 4 is 23.2 Å². The Morgan fingerprint density at radius 2 is 1.30 bits per heavy atom. The molecule has 2 aromatic rings. The molecule has 0 aliphatic heterocycles. The van der Waals surface area contributed by atoms with Crippen molar-refractivity contribution in [2.45, 2.75) is 0 Å². The smallest absolute Gasteiger partial charge is 0.203 e. The predicted octanol–water partition coefficient (Wildman–Crippen LogP) is 3.48. The molecular weight excluding hydrogens is 303 g/mol. The van der Waals surface area contributed by atoms with Gasteiger partial charge in [0.15, 0.2) is 17.3 Å². The van der Waals surface area contributed by atoms with Crippen LogP contribution in [-0.2, 0) is 0 Å². The number of rotatable bonds is 4. The van der Waals surface area contributed by atoms with E-state index in [1.54, 1.807) is 12.1 Å². The van der Waals surface area contributed by atoms with Crippen molar-refractivity contribution in [2.75, 3.05) is 21.3 Å². The van der Waals surface area contributed by atoms with Gasteiger partial charge in [0.1, 0.15) is 10.3 Å². The van der Waals surface area contributed by atoms with Gasteiger partial charge in [-0.1, -0.05) is 23.2 Å². The molecule has 0 bridgehead atoms. The highest BCUT2D eigenvalue weighted by Gasteiger charge is 2.16. The molecule has 0 saturated carbocycles. The summed E-state index contributed by atoms with van der Waals surface area (Å²) in [5.74, 6) is 1.87. The summed E-state index contributed by atoms with van der Waals surface area (Å²) in [6.07, 6.45) is 0. The second kappa shape index (κ2) is 6.15. The zero-order chi connectivity index (χ0) is 14.7. The van der Waals surface area contributed by atoms with Crippen LogP contribution in [0.5, 0.6) is 17.2 Å². The highest BCUT2D eigenvalue weighted by molar-refractivity contribution is 6.33. The SMILES string of the molecule is COc1cc(-c2nc(Cl)cc(Cl)n2)cc(OC)c1OC. The molecular formula is C13H12Cl2N2O3. The van der Waals surface area contributed by atoms with Crippen LogP contribution < -0.4 is 14.2 Å². The molecule has 0 unspecified atom stereocenters. The van der Waals surface area contributed by atoms with Gasteiger partial charge < -0.3 is 14.2 Å². The zero-order valence-electron chi connectivity index (χ0n) is 11.1. The Morgan fingerprint density at radius 3 is 1.70 bits per heavy atom. The van der Waals surface area contributed by atoms with Crippen molar-refractivity contribution in [3.63, 3.8) is 0 Å². The quantitative estimate of drug-likeness (QED) is 0.809. The van der Waals surface area contributed by atoms with Gasteiger partial charge in [-0.15, -0.1) is 0 Å². The lowest BCUT2D eigenvalue weighted by molar-refractivity contribution is 0.324. The molecule has 1 aromatic carbocycles. The summed E-state index contributed by atoms with van der Waals surface area (Å²) >= 11 is 11.8. The Morgan fingerprint density at radius 1 is 0.800 bits per heavy atom. The molecule has 0 amide bonds. The number of ether oxygens (including phenoxy) is 3. The molecule has 0 aliphatic carbocycles. The Bertz CT molecular complexity index is 590. The van der Waals surface area contributed by atoms with Crippen LogP contribution in [0.4, 0.5) is 0 Å². The second-order valence-electron chi connectivity index (χ2n) is 3.75. The number of methoxy groups -OCH3 is 3. The fourth-order valence-electron chi connectivity index (χ4n) is 1.73. The molecule has 0 aliphatic rings. The Hall–Kier alpha value is -1.72. The normalized spacial score (nSPS) is 10.2. The molecule has 0 fully saturated rings. The summed E-state index contributed by atoms with van der Waals surface area (Å²) < 4.78 is 15.8. The van der Waals surface area contributed by atoms with Crippen molar-refractivity contribution in [1.82, 2.24) is 9.97 Å². The zero-order valence-corrected chi connectivity index (χ0v) is 12.6. The van der Waals surface area contributed by atoms with Gasteiger partial charge in [-0.3, -0.25) is 0 Å². The minimum absolute atomic E-state index is 0.258. The molecule has 5 nitrogen and oxygen atoms in total. The maximum Gasteiger partial charge on any atom is 0.203 e. The van der Waals surface area contributed by atoms with Gasteiger partial charge in [0.25, 0.3) is 0 Å². The summed E-state index contributed by atoms with van der Waals surface area (Å²) in [6.45, 7) is 0. The summed E-state index contributed by atoms with van der Waals surface area (Å²) in [6, 6.07) is 4.91. The van der Waals surface area contributed by atoms with E-state index in [1.165, 1.54) is 27.4 Å². The van der Waals surface area contributed by atoms with Crippen LogP contribution >= 0.6 is 23.2 Å². The molecule has 106 valence electrons. The first kappa shape index (κ1) is 14.7. The third-order valence-corrected chi connectivity index (χ3v) is 2.97. The summed E-state index contributed by atoms with van der Waals surface area (Å²) in [4.78, 5) is 8.26. The van der Waals surface area contributed by atoms with E-state index in [-0.39, 0.29) is 10.3 Å². The first-order valence-corrected chi connectivity index (χ1v) is 6.35. The van der Waals surface area contributed by atoms with Crippen LogP contribution in [0.1, 0.15) is 0 Å². The monoisotopic (exact) mass is 314 g/mol. The molecule has 1 aromatic heterocycles. The minimum atomic E-state index is 0.258. The van der Waals surface area contributed by atoms with E-state index in [9.17, 15) is 0 Å². The fraction of sp³-hybridized carbons (Fsp3) is 0.231. The molecule has 0 N–H and O–H groups in total. The minimum Gasteiger partial charge on any atom is -0.493 e. The van der Waals surface area contributed by atoms with Gasteiger partial charge in [0, 0.05) is 11.6 Å². The van der Waals surface area contributed by atoms with E-state index in [4.69, 9.17) is 37.4 Å². The highest BCUT2D eigenvalue weighted by atomic mass is 35.5. The lowest BCUT2D eigenvalue weighted by Crippen LogP contribution is -1.97. The van der Waals surface area contributed by atoms with E-state index in [2.05, 4.69) is 9.97 Å². The van der Waals surface area contributed by atoms with Gasteiger partial charge >= 0.3 is 0 Å². The number of halogens is 2. The van der Waals surface area contributed by atoms with E-state index < -0.39 is 0 Å². The van der Waals surface area contributed by atoms with Crippen LogP contribution in [0.25, 0.3) is 11.4 Å². The average molecular weight is 315 g/mol. The highest BCUT2D eigenvalue weighted by Crippen LogP contribution is 2.40. The predicted molar refractivity (Wildman–Crippen MR) is 77.1 cm³/mol. The van der Waals surface area contributed by atoms with E-state index in [0.29, 0.717) is 28.6 Å². The number of benzene rings is 1. The van der Waals surface area contributed by atoms with Gasteiger partial charge in [0.05, 0.1) is 21.3 Å². The maximum absolute atomic E-state index is 5.88. The summed E-state index contributed by atoms with van der Waals surface area (Å²) in [7, 11) is 4.60. The van der Waals surface area contributed by atoms with Crippen LogP contribution in [0.2, 0.25) is 10.3 Å². The van der Waals surface area contributed by atoms with E-state index in [1.807, 2.05) is 0 Å². The van der Waals surface area contributed by atoms with Crippen LogP contribution in [0.15, 0.2) is 18.2 Å². The topological polar surface area (TPSA) is 53.5 Å². The largest absolute Gasteiger partial charge is 0.493 e. The standard InChI is InChI=1S/C13H12Cl2N2O3/c1-18-8-4-7(5-9(19-2)12(8)20-3)13-16-10(14)6-11(15)17-13/h4-6H,1-3H3. The lowest BCUT2D eigenvalue weighted by Gasteiger charge is -2.13. The number of aromatic nitrogens is 2. The van der Waals surface area contributed by atoms with E-state index in [0.717, 1.165) is 0 Å². The van der Waals surface area contributed by atoms with Crippen molar-refractivity contribution in [3.05, 3.63) is 28.5 Å². The number of nitrogens with zero attached hydrogens (tertiary/aromatic N) is 2. The van der Waals surface area contributed by atoms with Crippen molar-refractivity contribution < 1.29 is 14.2 Å². The van der Waals surface area contributed by atoms with Gasteiger partial charge in [-0.05, 0) is 12.1 Å². The lowest BCUT2D eigenvalue weighted by atomic mass is 10.1. The first-order valence-electron chi connectivity index (χ1n) is 5.59. The molecule has 0 radical (unpaired) electrons. The molecule has 0 spiro atoms. The van der Waals surface area contributed by atoms with Gasteiger partial charge in [-0.2, -0.15) is 0 Å². The van der Waals surface area contributed by atoms with Crippen LogP contribution in [0.3, 0.4) is 0 Å². The second-order valence-corrected chi connectivity index (χ2v) is 4.53. The van der Waals surface area contributed by atoms with Crippen LogP contribution in [-0.4, -0.2) is 31.3 Å². The molecule has 0 atom stereocenters. The number of hydrogen-bond donors (Lipinski definition) is 0. The third-order valence-electron chi connectivity index (χ3n) is 2.59. The van der Waals surface area contributed by atoms with Gasteiger partial charge in [0.2, 0.25) is 5.75 Å². The number of hydrogen-bond acceptors (Lipinski definition) is 5. The molecule has 20 heavy (non-hydrogen) atoms. The van der Waals surface area contributed by atoms with Crippen LogP contribution in [0, 0.1) is 0 Å². The van der Waals surface area contributed by atoms with Crippen molar-refractivity contribution in [2.24, 2.45) is 0 Å². The molecule has 7 heteroatoms. The summed E-state index contributed by atoms with van der Waals surface area (Å²) in [5, 5.41) is 0.516. The Balaban J connectivity index is 2.62. The third kappa shape index (κ3) is 2.89. The summed E-state index contributed by atoms with van der Waals surface area (Å²) in [5.41, 5.74) is 0.656. The fourth-order valence-corrected chi connectivity index (χ4v) is 2.15. The average Bonchev–Trinajstić information content (AvgIpc) is 2.44. The molecule has 1 heterocycles. The molecule has 2 rings (SSSR count). The first-order chi connectivity index (χ1) is 9.58. The van der Waals surface area contributed by atoms with Crippen molar-refractivity contribution in [3.8, 4) is 28.6 Å².